The zero-order valence-corrected chi connectivity index (χ0v) is 29.0. The number of allylic oxidation sites excluding steroid dienone is 1. The number of ether oxygens (including phenoxy) is 1. The van der Waals surface area contributed by atoms with Gasteiger partial charge in [-0.05, 0) is 81.9 Å². The average Bonchev–Trinajstić information content (AvgIpc) is 3.11. The highest BCUT2D eigenvalue weighted by Crippen LogP contribution is 2.46. The molecule has 1 N–H and O–H groups in total. The Kier molecular flexibility index (Phi) is 10.7. The van der Waals surface area contributed by atoms with Gasteiger partial charge in [0.2, 0.25) is 0 Å². The summed E-state index contributed by atoms with van der Waals surface area (Å²) in [5, 5.41) is 3.44. The van der Waals surface area contributed by atoms with Gasteiger partial charge in [0.1, 0.15) is 23.3 Å². The van der Waals surface area contributed by atoms with Crippen LogP contribution in [0.3, 0.4) is 0 Å². The molecule has 6 rings (SSSR count). The number of aromatic nitrogens is 2. The Morgan fingerprint density at radius 2 is 1.54 bits per heavy atom. The SMILES string of the molecule is CCOC(=O)C1=C(C)Nc2c(c(N3CCN(C(c4ccc(F)cc4)c4ccc(F)cc4)CC3)nc(=O)n2CCCN(C)C)C1c1ccccc1. The molecule has 3 aromatic carbocycles. The lowest BCUT2D eigenvalue weighted by molar-refractivity contribution is -0.138. The van der Waals surface area contributed by atoms with Gasteiger partial charge in [-0.15, -0.1) is 0 Å². The van der Waals surface area contributed by atoms with Crippen LogP contribution in [0.4, 0.5) is 20.4 Å². The zero-order valence-electron chi connectivity index (χ0n) is 29.0. The van der Waals surface area contributed by atoms with Crippen LogP contribution in [0.15, 0.2) is 94.9 Å². The molecule has 50 heavy (non-hydrogen) atoms. The lowest BCUT2D eigenvalue weighted by Gasteiger charge is -2.42. The Bertz CT molecular complexity index is 1840. The van der Waals surface area contributed by atoms with Crippen molar-refractivity contribution >= 4 is 17.6 Å². The van der Waals surface area contributed by atoms with Gasteiger partial charge >= 0.3 is 11.7 Å². The molecule has 1 saturated heterocycles. The van der Waals surface area contributed by atoms with E-state index in [-0.39, 0.29) is 30.0 Å². The second kappa shape index (κ2) is 15.3. The van der Waals surface area contributed by atoms with Gasteiger partial charge in [0.25, 0.3) is 0 Å². The van der Waals surface area contributed by atoms with Gasteiger partial charge in [0, 0.05) is 44.0 Å². The van der Waals surface area contributed by atoms with E-state index in [1.54, 1.807) is 35.8 Å². The van der Waals surface area contributed by atoms with Crippen LogP contribution < -0.4 is 15.9 Å². The zero-order chi connectivity index (χ0) is 35.4. The van der Waals surface area contributed by atoms with Crippen molar-refractivity contribution in [2.45, 2.75) is 38.8 Å². The normalized spacial score (nSPS) is 16.5. The van der Waals surface area contributed by atoms with E-state index in [9.17, 15) is 18.4 Å². The van der Waals surface area contributed by atoms with Gasteiger partial charge < -0.3 is 19.9 Å². The molecule has 2 aliphatic rings. The summed E-state index contributed by atoms with van der Waals surface area (Å²) in [6.45, 7) is 7.34. The first-order valence-electron chi connectivity index (χ1n) is 17.2. The third kappa shape index (κ3) is 7.34. The highest BCUT2D eigenvalue weighted by atomic mass is 19.1. The topological polar surface area (TPSA) is 82.9 Å². The number of hydrogen-bond donors (Lipinski definition) is 1. The number of carbonyl (C=O) groups is 1. The monoisotopic (exact) mass is 682 g/mol. The predicted molar refractivity (Wildman–Crippen MR) is 191 cm³/mol. The highest BCUT2D eigenvalue weighted by Gasteiger charge is 2.39. The predicted octanol–water partition coefficient (Wildman–Crippen LogP) is 5.78. The Morgan fingerprint density at radius 1 is 0.940 bits per heavy atom. The van der Waals surface area contributed by atoms with E-state index in [2.05, 4.69) is 20.0 Å². The quantitative estimate of drug-likeness (QED) is 0.200. The van der Waals surface area contributed by atoms with E-state index in [0.717, 1.165) is 35.2 Å². The molecule has 262 valence electrons. The van der Waals surface area contributed by atoms with Crippen molar-refractivity contribution < 1.29 is 18.3 Å². The summed E-state index contributed by atoms with van der Waals surface area (Å²) in [6, 6.07) is 22.4. The number of benzene rings is 3. The Balaban J connectivity index is 1.42. The molecule has 0 radical (unpaired) electrons. The van der Waals surface area contributed by atoms with Gasteiger partial charge in [0.05, 0.1) is 24.1 Å². The molecule has 3 heterocycles. The molecule has 1 aromatic heterocycles. The van der Waals surface area contributed by atoms with Gasteiger partial charge in [-0.2, -0.15) is 4.98 Å². The Morgan fingerprint density at radius 3 is 2.10 bits per heavy atom. The third-order valence-corrected chi connectivity index (χ3v) is 9.45. The number of rotatable bonds is 11. The fraction of sp³-hybridized carbons (Fsp3) is 0.359. The van der Waals surface area contributed by atoms with Crippen LogP contribution >= 0.6 is 0 Å². The molecule has 0 aliphatic carbocycles. The summed E-state index contributed by atoms with van der Waals surface area (Å²) in [7, 11) is 4.00. The summed E-state index contributed by atoms with van der Waals surface area (Å²) in [6.07, 6.45) is 0.735. The van der Waals surface area contributed by atoms with Crippen LogP contribution in [0.1, 0.15) is 54.5 Å². The van der Waals surface area contributed by atoms with Crippen molar-refractivity contribution in [1.29, 1.82) is 0 Å². The number of nitrogens with zero attached hydrogens (tertiary/aromatic N) is 5. The van der Waals surface area contributed by atoms with E-state index < -0.39 is 11.9 Å². The van der Waals surface area contributed by atoms with Crippen LogP contribution in [-0.4, -0.2) is 78.7 Å². The van der Waals surface area contributed by atoms with Crippen LogP contribution in [0, 0.1) is 11.6 Å². The van der Waals surface area contributed by atoms with Crippen molar-refractivity contribution in [3.8, 4) is 0 Å². The molecule has 0 spiro atoms. The minimum Gasteiger partial charge on any atom is -0.463 e. The lowest BCUT2D eigenvalue weighted by Crippen LogP contribution is -2.49. The molecular weight excluding hydrogens is 638 g/mol. The number of anilines is 2. The number of esters is 1. The molecule has 4 aromatic rings. The summed E-state index contributed by atoms with van der Waals surface area (Å²) >= 11 is 0. The van der Waals surface area contributed by atoms with E-state index in [4.69, 9.17) is 9.72 Å². The fourth-order valence-electron chi connectivity index (χ4n) is 7.11. The third-order valence-electron chi connectivity index (χ3n) is 9.45. The molecule has 1 fully saturated rings. The van der Waals surface area contributed by atoms with Crippen molar-refractivity contribution in [2.24, 2.45) is 0 Å². The van der Waals surface area contributed by atoms with Crippen LogP contribution in [0.5, 0.6) is 0 Å². The minimum absolute atomic E-state index is 0.227. The number of carbonyl (C=O) groups excluding carboxylic acids is 1. The maximum absolute atomic E-state index is 13.9. The molecule has 0 amide bonds. The van der Waals surface area contributed by atoms with Gasteiger partial charge in [-0.1, -0.05) is 54.6 Å². The molecule has 11 heteroatoms. The first-order chi connectivity index (χ1) is 24.2. The van der Waals surface area contributed by atoms with Crippen molar-refractivity contribution in [2.75, 3.05) is 63.6 Å². The van der Waals surface area contributed by atoms with Crippen molar-refractivity contribution in [3.05, 3.63) is 135 Å². The number of fused-ring (bicyclic) bond motifs is 1. The molecule has 0 saturated carbocycles. The molecular formula is C39H44F2N6O3. The number of halogens is 2. The largest absolute Gasteiger partial charge is 0.463 e. The highest BCUT2D eigenvalue weighted by molar-refractivity contribution is 5.95. The summed E-state index contributed by atoms with van der Waals surface area (Å²) < 4.78 is 35.2. The van der Waals surface area contributed by atoms with E-state index in [1.165, 1.54) is 24.3 Å². The average molecular weight is 683 g/mol. The maximum atomic E-state index is 13.9. The second-order valence-corrected chi connectivity index (χ2v) is 13.0. The molecule has 1 atom stereocenters. The molecule has 0 bridgehead atoms. The van der Waals surface area contributed by atoms with E-state index in [0.29, 0.717) is 55.6 Å². The number of hydrogen-bond acceptors (Lipinski definition) is 8. The molecule has 2 aliphatic heterocycles. The smallest absolute Gasteiger partial charge is 0.351 e. The fourth-order valence-corrected chi connectivity index (χ4v) is 7.11. The van der Waals surface area contributed by atoms with E-state index in [1.807, 2.05) is 51.4 Å². The van der Waals surface area contributed by atoms with Crippen molar-refractivity contribution in [1.82, 2.24) is 19.4 Å². The molecule has 1 unspecified atom stereocenters. The number of piperazine rings is 1. The second-order valence-electron chi connectivity index (χ2n) is 13.0. The Labute approximate surface area is 291 Å². The van der Waals surface area contributed by atoms with Gasteiger partial charge in [-0.3, -0.25) is 9.47 Å². The first-order valence-corrected chi connectivity index (χ1v) is 17.2. The van der Waals surface area contributed by atoms with Crippen LogP contribution in [0.25, 0.3) is 0 Å². The minimum atomic E-state index is -0.529. The Hall–Kier alpha value is -4.87. The van der Waals surface area contributed by atoms with Gasteiger partial charge in [-0.25, -0.2) is 18.4 Å². The van der Waals surface area contributed by atoms with Crippen LogP contribution in [0.2, 0.25) is 0 Å². The van der Waals surface area contributed by atoms with Gasteiger partial charge in [0.15, 0.2) is 0 Å². The maximum Gasteiger partial charge on any atom is 0.351 e. The molecule has 9 nitrogen and oxygen atoms in total. The van der Waals surface area contributed by atoms with Crippen molar-refractivity contribution in [3.63, 3.8) is 0 Å². The summed E-state index contributed by atoms with van der Waals surface area (Å²) in [4.78, 5) is 38.8. The summed E-state index contributed by atoms with van der Waals surface area (Å²) in [5.41, 5.74) is 4.21. The first kappa shape index (κ1) is 35.0. The standard InChI is InChI=1S/C39H44F2N6O3/c1-5-50-38(48)32-26(2)42-37-34(33(32)27-10-7-6-8-11-27)36(43-39(49)47(37)21-9-20-44(3)4)46-24-22-45(23-25-46)35(28-12-16-30(40)17-13-28)29-14-18-31(41)19-15-29/h6-8,10-19,33,35,42H,5,9,20-25H2,1-4H3. The summed E-state index contributed by atoms with van der Waals surface area (Å²) in [5.74, 6) is -0.424. The van der Waals surface area contributed by atoms with Crippen LogP contribution in [-0.2, 0) is 16.1 Å². The number of nitrogens with one attached hydrogen (secondary N) is 1. The van der Waals surface area contributed by atoms with E-state index >= 15 is 0 Å². The lowest BCUT2D eigenvalue weighted by atomic mass is 9.81.